The minimum Gasteiger partial charge on any atom is -0.374 e. The SMILES string of the molecule is CCN(C[C@@H]1CN([C@@H](C)c2ccncc2)CCO1)c1cccnn1. The van der Waals surface area contributed by atoms with E-state index in [1.165, 1.54) is 5.56 Å². The molecule has 0 aromatic carbocycles. The van der Waals surface area contributed by atoms with E-state index in [-0.39, 0.29) is 6.10 Å². The number of rotatable bonds is 6. The molecular weight excluding hydrogens is 302 g/mol. The van der Waals surface area contributed by atoms with Crippen molar-refractivity contribution in [1.82, 2.24) is 20.1 Å². The van der Waals surface area contributed by atoms with Gasteiger partial charge >= 0.3 is 0 Å². The monoisotopic (exact) mass is 327 g/mol. The topological polar surface area (TPSA) is 54.4 Å². The van der Waals surface area contributed by atoms with Crippen molar-refractivity contribution in [2.24, 2.45) is 0 Å². The third-order valence-electron chi connectivity index (χ3n) is 4.59. The highest BCUT2D eigenvalue weighted by molar-refractivity contribution is 5.36. The summed E-state index contributed by atoms with van der Waals surface area (Å²) in [5, 5.41) is 8.20. The number of morpholine rings is 1. The number of ether oxygens (including phenoxy) is 1. The fourth-order valence-electron chi connectivity index (χ4n) is 3.15. The van der Waals surface area contributed by atoms with Crippen LogP contribution >= 0.6 is 0 Å². The van der Waals surface area contributed by atoms with Gasteiger partial charge in [-0.1, -0.05) is 0 Å². The molecule has 24 heavy (non-hydrogen) atoms. The van der Waals surface area contributed by atoms with Gasteiger partial charge in [-0.05, 0) is 43.7 Å². The van der Waals surface area contributed by atoms with Crippen molar-refractivity contribution in [3.63, 3.8) is 0 Å². The zero-order chi connectivity index (χ0) is 16.8. The van der Waals surface area contributed by atoms with E-state index in [9.17, 15) is 0 Å². The molecule has 2 atom stereocenters. The van der Waals surface area contributed by atoms with E-state index in [0.717, 1.165) is 38.6 Å². The molecule has 0 N–H and O–H groups in total. The van der Waals surface area contributed by atoms with Crippen LogP contribution in [0.3, 0.4) is 0 Å². The minimum atomic E-state index is 0.171. The van der Waals surface area contributed by atoms with Crippen molar-refractivity contribution in [2.75, 3.05) is 37.7 Å². The summed E-state index contributed by atoms with van der Waals surface area (Å²) in [6, 6.07) is 8.47. The Morgan fingerprint density at radius 3 is 2.83 bits per heavy atom. The Morgan fingerprint density at radius 1 is 1.29 bits per heavy atom. The van der Waals surface area contributed by atoms with Crippen molar-refractivity contribution in [3.05, 3.63) is 48.4 Å². The molecule has 3 rings (SSSR count). The molecule has 1 saturated heterocycles. The molecule has 0 spiro atoms. The first-order chi connectivity index (χ1) is 11.8. The molecule has 2 aromatic rings. The fourth-order valence-corrected chi connectivity index (χ4v) is 3.15. The Morgan fingerprint density at radius 2 is 2.12 bits per heavy atom. The van der Waals surface area contributed by atoms with E-state index in [4.69, 9.17) is 4.74 Å². The highest BCUT2D eigenvalue weighted by Gasteiger charge is 2.26. The summed E-state index contributed by atoms with van der Waals surface area (Å²) in [5.41, 5.74) is 1.30. The molecule has 2 aromatic heterocycles. The van der Waals surface area contributed by atoms with Crippen LogP contribution in [-0.4, -0.2) is 59.0 Å². The molecular formula is C18H25N5O. The lowest BCUT2D eigenvalue weighted by atomic mass is 10.1. The first-order valence-electron chi connectivity index (χ1n) is 8.56. The Labute approximate surface area is 143 Å². The molecule has 0 saturated carbocycles. The van der Waals surface area contributed by atoms with Crippen LogP contribution in [0.4, 0.5) is 5.82 Å². The van der Waals surface area contributed by atoms with Gasteiger partial charge in [0.2, 0.25) is 0 Å². The number of likely N-dealkylation sites (N-methyl/N-ethyl adjacent to an activating group) is 1. The molecule has 1 aliphatic rings. The van der Waals surface area contributed by atoms with Gasteiger partial charge < -0.3 is 9.64 Å². The molecule has 0 radical (unpaired) electrons. The highest BCUT2D eigenvalue weighted by Crippen LogP contribution is 2.22. The lowest BCUT2D eigenvalue weighted by Crippen LogP contribution is -2.48. The molecule has 0 bridgehead atoms. The molecule has 128 valence electrons. The number of hydrogen-bond acceptors (Lipinski definition) is 6. The third-order valence-corrected chi connectivity index (χ3v) is 4.59. The Hall–Kier alpha value is -2.05. The molecule has 1 aliphatic heterocycles. The van der Waals surface area contributed by atoms with Crippen LogP contribution in [0.25, 0.3) is 0 Å². The van der Waals surface area contributed by atoms with Crippen LogP contribution in [0.1, 0.15) is 25.5 Å². The summed E-state index contributed by atoms with van der Waals surface area (Å²) >= 11 is 0. The number of pyridine rings is 1. The standard InChI is InChI=1S/C18H25N5O/c1-3-22(18-5-4-8-20-21-18)13-17-14-23(11-12-24-17)15(2)16-6-9-19-10-7-16/h4-10,15,17H,3,11-14H2,1-2H3/t15-,17+/m0/s1. The molecule has 3 heterocycles. The van der Waals surface area contributed by atoms with E-state index in [2.05, 4.69) is 51.0 Å². The lowest BCUT2D eigenvalue weighted by molar-refractivity contribution is -0.0371. The molecule has 6 nitrogen and oxygen atoms in total. The number of nitrogens with zero attached hydrogens (tertiary/aromatic N) is 5. The Bertz CT molecular complexity index is 609. The molecule has 0 amide bonds. The van der Waals surface area contributed by atoms with Gasteiger partial charge in [0.15, 0.2) is 5.82 Å². The number of aromatic nitrogens is 3. The summed E-state index contributed by atoms with van der Waals surface area (Å²) in [4.78, 5) is 8.81. The third kappa shape index (κ3) is 4.07. The predicted octanol–water partition coefficient (Wildman–Crippen LogP) is 2.16. The van der Waals surface area contributed by atoms with Gasteiger partial charge in [-0.25, -0.2) is 0 Å². The van der Waals surface area contributed by atoms with E-state index in [0.29, 0.717) is 6.04 Å². The van der Waals surface area contributed by atoms with Gasteiger partial charge in [0.25, 0.3) is 0 Å². The molecule has 1 fully saturated rings. The second-order valence-electron chi connectivity index (χ2n) is 6.06. The van der Waals surface area contributed by atoms with Gasteiger partial charge in [-0.3, -0.25) is 9.88 Å². The van der Waals surface area contributed by atoms with Crippen LogP contribution in [0.15, 0.2) is 42.9 Å². The first-order valence-corrected chi connectivity index (χ1v) is 8.56. The van der Waals surface area contributed by atoms with Gasteiger partial charge in [0.1, 0.15) is 0 Å². The van der Waals surface area contributed by atoms with Gasteiger partial charge in [0.05, 0.1) is 12.7 Å². The predicted molar refractivity (Wildman–Crippen MR) is 93.9 cm³/mol. The van der Waals surface area contributed by atoms with E-state index >= 15 is 0 Å². The van der Waals surface area contributed by atoms with Crippen molar-refractivity contribution in [1.29, 1.82) is 0 Å². The molecule has 0 aliphatic carbocycles. The van der Waals surface area contributed by atoms with Crippen LogP contribution in [0.5, 0.6) is 0 Å². The highest BCUT2D eigenvalue weighted by atomic mass is 16.5. The van der Waals surface area contributed by atoms with Crippen LogP contribution in [0, 0.1) is 0 Å². The average molecular weight is 327 g/mol. The fraction of sp³-hybridized carbons (Fsp3) is 0.500. The Balaban J connectivity index is 1.63. The normalized spacial score (nSPS) is 19.8. The van der Waals surface area contributed by atoms with E-state index in [1.807, 2.05) is 24.5 Å². The van der Waals surface area contributed by atoms with Crippen molar-refractivity contribution in [2.45, 2.75) is 26.0 Å². The molecule has 0 unspecified atom stereocenters. The van der Waals surface area contributed by atoms with E-state index in [1.54, 1.807) is 6.20 Å². The maximum Gasteiger partial charge on any atom is 0.151 e. The van der Waals surface area contributed by atoms with Gasteiger partial charge in [-0.2, -0.15) is 5.10 Å². The maximum atomic E-state index is 6.00. The summed E-state index contributed by atoms with van der Waals surface area (Å²) in [5.74, 6) is 0.905. The summed E-state index contributed by atoms with van der Waals surface area (Å²) in [7, 11) is 0. The quantitative estimate of drug-likeness (QED) is 0.810. The zero-order valence-corrected chi connectivity index (χ0v) is 14.4. The minimum absolute atomic E-state index is 0.171. The first kappa shape index (κ1) is 16.8. The maximum absolute atomic E-state index is 6.00. The second-order valence-corrected chi connectivity index (χ2v) is 6.06. The number of anilines is 1. The average Bonchev–Trinajstić information content (AvgIpc) is 2.67. The second kappa shape index (κ2) is 8.17. The van der Waals surface area contributed by atoms with E-state index < -0.39 is 0 Å². The van der Waals surface area contributed by atoms with Crippen LogP contribution in [-0.2, 0) is 4.74 Å². The van der Waals surface area contributed by atoms with Crippen molar-refractivity contribution >= 4 is 5.82 Å². The van der Waals surface area contributed by atoms with Gasteiger partial charge in [0, 0.05) is 50.8 Å². The lowest BCUT2D eigenvalue weighted by Gasteiger charge is -2.38. The van der Waals surface area contributed by atoms with Crippen LogP contribution < -0.4 is 4.90 Å². The largest absolute Gasteiger partial charge is 0.374 e. The van der Waals surface area contributed by atoms with Gasteiger partial charge in [-0.15, -0.1) is 5.10 Å². The van der Waals surface area contributed by atoms with Crippen molar-refractivity contribution < 1.29 is 4.74 Å². The van der Waals surface area contributed by atoms with Crippen molar-refractivity contribution in [3.8, 4) is 0 Å². The smallest absolute Gasteiger partial charge is 0.151 e. The summed E-state index contributed by atoms with van der Waals surface area (Å²) in [6.45, 7) is 8.73. The molecule has 6 heteroatoms. The summed E-state index contributed by atoms with van der Waals surface area (Å²) < 4.78 is 6.00. The Kier molecular flexibility index (Phi) is 5.72. The zero-order valence-electron chi connectivity index (χ0n) is 14.4. The summed E-state index contributed by atoms with van der Waals surface area (Å²) in [6.07, 6.45) is 5.59. The number of hydrogen-bond donors (Lipinski definition) is 0. The van der Waals surface area contributed by atoms with Crippen LogP contribution in [0.2, 0.25) is 0 Å².